The number of benzene rings is 1. The molecule has 0 radical (unpaired) electrons. The van der Waals surface area contributed by atoms with Crippen LogP contribution >= 0.6 is 23.2 Å². The molecule has 0 aliphatic rings. The molecule has 94 valence electrons. The van der Waals surface area contributed by atoms with Gasteiger partial charge in [0.15, 0.2) is 0 Å². The second kappa shape index (κ2) is 5.65. The summed E-state index contributed by atoms with van der Waals surface area (Å²) in [5.41, 5.74) is 7.19. The fraction of sp³-hybridized carbons (Fsp3) is 0.154. The summed E-state index contributed by atoms with van der Waals surface area (Å²) in [6.45, 7) is 0. The molecule has 0 saturated carbocycles. The lowest BCUT2D eigenvalue weighted by Gasteiger charge is -2.14. The SMILES string of the molecule is NC(Cc1cccc(Cl)c1Cl)c1ccncc1F. The van der Waals surface area contributed by atoms with Crippen LogP contribution in [0.5, 0.6) is 0 Å². The van der Waals surface area contributed by atoms with Gasteiger partial charge in [-0.2, -0.15) is 0 Å². The molecule has 0 saturated heterocycles. The van der Waals surface area contributed by atoms with Crippen molar-refractivity contribution in [2.24, 2.45) is 5.73 Å². The maximum absolute atomic E-state index is 13.5. The molecule has 1 aromatic heterocycles. The molecule has 2 nitrogen and oxygen atoms in total. The average molecular weight is 285 g/mol. The molecule has 2 aromatic rings. The number of pyridine rings is 1. The minimum Gasteiger partial charge on any atom is -0.324 e. The van der Waals surface area contributed by atoms with E-state index in [0.717, 1.165) is 11.8 Å². The Labute approximate surface area is 115 Å². The van der Waals surface area contributed by atoms with E-state index in [-0.39, 0.29) is 0 Å². The van der Waals surface area contributed by atoms with Crippen molar-refractivity contribution in [1.82, 2.24) is 4.98 Å². The molecule has 0 aliphatic carbocycles. The number of hydrogen-bond donors (Lipinski definition) is 1. The Morgan fingerprint density at radius 3 is 2.78 bits per heavy atom. The molecular formula is C13H11Cl2FN2. The lowest BCUT2D eigenvalue weighted by molar-refractivity contribution is 0.574. The van der Waals surface area contributed by atoms with Gasteiger partial charge in [0.05, 0.1) is 16.2 Å². The molecule has 0 bridgehead atoms. The van der Waals surface area contributed by atoms with Crippen LogP contribution in [0, 0.1) is 5.82 Å². The van der Waals surface area contributed by atoms with Gasteiger partial charge in [-0.05, 0) is 24.1 Å². The second-order valence-corrected chi connectivity index (χ2v) is 4.71. The zero-order chi connectivity index (χ0) is 13.1. The van der Waals surface area contributed by atoms with Gasteiger partial charge in [-0.15, -0.1) is 0 Å². The Bertz CT molecular complexity index is 560. The molecule has 1 heterocycles. The summed E-state index contributed by atoms with van der Waals surface area (Å²) in [5.74, 6) is -0.414. The molecule has 2 N–H and O–H groups in total. The molecule has 1 unspecified atom stereocenters. The number of nitrogens with two attached hydrogens (primary N) is 1. The topological polar surface area (TPSA) is 38.9 Å². The average Bonchev–Trinajstić information content (AvgIpc) is 2.35. The highest BCUT2D eigenvalue weighted by Gasteiger charge is 2.14. The molecule has 1 aromatic carbocycles. The Hall–Kier alpha value is -1.16. The number of halogens is 3. The maximum atomic E-state index is 13.5. The summed E-state index contributed by atoms with van der Waals surface area (Å²) in [5, 5.41) is 0.931. The van der Waals surface area contributed by atoms with E-state index in [2.05, 4.69) is 4.98 Å². The third kappa shape index (κ3) is 2.80. The highest BCUT2D eigenvalue weighted by atomic mass is 35.5. The van der Waals surface area contributed by atoms with Crippen LogP contribution in [0.1, 0.15) is 17.2 Å². The normalized spacial score (nSPS) is 12.4. The van der Waals surface area contributed by atoms with Crippen LogP contribution in [0.15, 0.2) is 36.7 Å². The largest absolute Gasteiger partial charge is 0.324 e. The molecular weight excluding hydrogens is 274 g/mol. The van der Waals surface area contributed by atoms with Crippen molar-refractivity contribution in [3.05, 3.63) is 63.6 Å². The zero-order valence-corrected chi connectivity index (χ0v) is 10.9. The predicted octanol–water partition coefficient (Wildman–Crippen LogP) is 3.77. The van der Waals surface area contributed by atoms with Gasteiger partial charge in [0.1, 0.15) is 5.82 Å². The minimum atomic E-state index is -0.482. The van der Waals surface area contributed by atoms with E-state index in [0.29, 0.717) is 22.0 Å². The van der Waals surface area contributed by atoms with Crippen LogP contribution < -0.4 is 5.73 Å². The minimum absolute atomic E-state index is 0.414. The smallest absolute Gasteiger partial charge is 0.146 e. The van der Waals surface area contributed by atoms with E-state index in [1.54, 1.807) is 18.2 Å². The van der Waals surface area contributed by atoms with Gasteiger partial charge in [0.25, 0.3) is 0 Å². The van der Waals surface area contributed by atoms with Crippen molar-refractivity contribution >= 4 is 23.2 Å². The zero-order valence-electron chi connectivity index (χ0n) is 9.41. The third-order valence-corrected chi connectivity index (χ3v) is 3.53. The molecule has 0 aliphatic heterocycles. The molecule has 0 amide bonds. The van der Waals surface area contributed by atoms with Gasteiger partial charge < -0.3 is 5.73 Å². The number of rotatable bonds is 3. The van der Waals surface area contributed by atoms with Crippen molar-refractivity contribution in [3.63, 3.8) is 0 Å². The van der Waals surface area contributed by atoms with Gasteiger partial charge in [-0.25, -0.2) is 4.39 Å². The van der Waals surface area contributed by atoms with Crippen LogP contribution in [-0.4, -0.2) is 4.98 Å². The Kier molecular flexibility index (Phi) is 4.17. The van der Waals surface area contributed by atoms with Crippen molar-refractivity contribution < 1.29 is 4.39 Å². The number of aromatic nitrogens is 1. The summed E-state index contributed by atoms with van der Waals surface area (Å²) in [6, 6.07) is 6.40. The third-order valence-electron chi connectivity index (χ3n) is 2.67. The van der Waals surface area contributed by atoms with E-state index in [9.17, 15) is 4.39 Å². The fourth-order valence-electron chi connectivity index (χ4n) is 1.74. The van der Waals surface area contributed by atoms with Crippen molar-refractivity contribution in [2.45, 2.75) is 12.5 Å². The van der Waals surface area contributed by atoms with Crippen molar-refractivity contribution in [1.29, 1.82) is 0 Å². The summed E-state index contributed by atoms with van der Waals surface area (Å²) < 4.78 is 13.5. The van der Waals surface area contributed by atoms with E-state index in [1.807, 2.05) is 6.07 Å². The van der Waals surface area contributed by atoms with E-state index < -0.39 is 11.9 Å². The maximum Gasteiger partial charge on any atom is 0.146 e. The lowest BCUT2D eigenvalue weighted by Crippen LogP contribution is -2.15. The summed E-state index contributed by atoms with van der Waals surface area (Å²) >= 11 is 12.0. The Morgan fingerprint density at radius 1 is 1.28 bits per heavy atom. The van der Waals surface area contributed by atoms with Crippen LogP contribution in [0.25, 0.3) is 0 Å². The Balaban J connectivity index is 2.24. The summed E-state index contributed by atoms with van der Waals surface area (Å²) in [7, 11) is 0. The molecule has 0 fully saturated rings. The van der Waals surface area contributed by atoms with Gasteiger partial charge >= 0.3 is 0 Å². The Morgan fingerprint density at radius 2 is 2.06 bits per heavy atom. The standard InChI is InChI=1S/C13H11Cl2FN2/c14-10-3-1-2-8(13(10)15)6-12(17)9-4-5-18-7-11(9)16/h1-5,7,12H,6,17H2. The highest BCUT2D eigenvalue weighted by molar-refractivity contribution is 6.42. The van der Waals surface area contributed by atoms with Gasteiger partial charge in [0.2, 0.25) is 0 Å². The van der Waals surface area contributed by atoms with Crippen molar-refractivity contribution in [2.75, 3.05) is 0 Å². The first-order valence-electron chi connectivity index (χ1n) is 5.37. The first-order valence-corrected chi connectivity index (χ1v) is 6.13. The molecule has 5 heteroatoms. The van der Waals surface area contributed by atoms with E-state index in [1.165, 1.54) is 6.20 Å². The van der Waals surface area contributed by atoms with Crippen LogP contribution in [0.2, 0.25) is 10.0 Å². The van der Waals surface area contributed by atoms with Crippen LogP contribution in [-0.2, 0) is 6.42 Å². The van der Waals surface area contributed by atoms with Gasteiger partial charge in [-0.1, -0.05) is 35.3 Å². The van der Waals surface area contributed by atoms with Crippen LogP contribution in [0.3, 0.4) is 0 Å². The second-order valence-electron chi connectivity index (χ2n) is 3.92. The summed E-state index contributed by atoms with van der Waals surface area (Å²) in [4.78, 5) is 3.69. The molecule has 1 atom stereocenters. The molecule has 18 heavy (non-hydrogen) atoms. The van der Waals surface area contributed by atoms with E-state index in [4.69, 9.17) is 28.9 Å². The first-order chi connectivity index (χ1) is 8.59. The van der Waals surface area contributed by atoms with Crippen molar-refractivity contribution in [3.8, 4) is 0 Å². The first kappa shape index (κ1) is 13.3. The van der Waals surface area contributed by atoms with Crippen LogP contribution in [0.4, 0.5) is 4.39 Å². The number of nitrogens with zero attached hydrogens (tertiary/aromatic N) is 1. The number of hydrogen-bond acceptors (Lipinski definition) is 2. The monoisotopic (exact) mass is 284 g/mol. The molecule has 0 spiro atoms. The quantitative estimate of drug-likeness (QED) is 0.932. The fourth-order valence-corrected chi connectivity index (χ4v) is 2.14. The van der Waals surface area contributed by atoms with E-state index >= 15 is 0 Å². The van der Waals surface area contributed by atoms with Gasteiger partial charge in [-0.3, -0.25) is 4.98 Å². The summed E-state index contributed by atoms with van der Waals surface area (Å²) in [6.07, 6.45) is 3.08. The molecule has 2 rings (SSSR count). The lowest BCUT2D eigenvalue weighted by atomic mass is 10.0. The van der Waals surface area contributed by atoms with Gasteiger partial charge in [0, 0.05) is 17.8 Å². The predicted molar refractivity (Wildman–Crippen MR) is 71.3 cm³/mol. The highest BCUT2D eigenvalue weighted by Crippen LogP contribution is 2.28.